The molecular formula is C25H24FN7O2. The largest absolute Gasteiger partial charge is 0.474 e. The van der Waals surface area contributed by atoms with E-state index in [9.17, 15) is 4.79 Å². The van der Waals surface area contributed by atoms with Gasteiger partial charge in [-0.3, -0.25) is 9.48 Å². The van der Waals surface area contributed by atoms with Gasteiger partial charge in [0.15, 0.2) is 5.82 Å². The molecule has 2 aliphatic heterocycles. The Balaban J connectivity index is 1.35. The summed E-state index contributed by atoms with van der Waals surface area (Å²) in [6, 6.07) is 7.23. The Kier molecular flexibility index (Phi) is 5.01. The van der Waals surface area contributed by atoms with Crippen LogP contribution >= 0.6 is 0 Å². The molecular weight excluding hydrogens is 449 g/mol. The highest BCUT2D eigenvalue weighted by atomic mass is 19.1. The number of ether oxygens (including phenoxy) is 1. The number of nitrogens with zero attached hydrogens (tertiary/aromatic N) is 4. The van der Waals surface area contributed by atoms with Crippen LogP contribution in [0.1, 0.15) is 18.2 Å². The first-order valence-electron chi connectivity index (χ1n) is 11.5. The molecule has 2 aliphatic rings. The van der Waals surface area contributed by atoms with Crippen LogP contribution in [0.5, 0.6) is 5.88 Å². The number of hydrogen-bond donors (Lipinski definition) is 3. The third-order valence-electron chi connectivity index (χ3n) is 6.38. The molecule has 0 bridgehead atoms. The van der Waals surface area contributed by atoms with E-state index >= 15 is 4.39 Å². The molecule has 9 nitrogen and oxygen atoms in total. The van der Waals surface area contributed by atoms with Crippen LogP contribution in [0.2, 0.25) is 0 Å². The van der Waals surface area contributed by atoms with E-state index in [1.165, 1.54) is 6.07 Å². The lowest BCUT2D eigenvalue weighted by Crippen LogP contribution is -2.29. The number of benzene rings is 1. The van der Waals surface area contributed by atoms with Crippen molar-refractivity contribution in [2.45, 2.75) is 32.9 Å². The van der Waals surface area contributed by atoms with E-state index in [2.05, 4.69) is 31.0 Å². The van der Waals surface area contributed by atoms with Gasteiger partial charge in [-0.25, -0.2) is 14.4 Å². The van der Waals surface area contributed by atoms with Crippen molar-refractivity contribution in [2.24, 2.45) is 0 Å². The maximum atomic E-state index is 15.2. The lowest BCUT2D eigenvalue weighted by atomic mass is 9.98. The normalized spacial score (nSPS) is 17.0. The van der Waals surface area contributed by atoms with Crippen LogP contribution in [-0.2, 0) is 17.8 Å². The smallest absolute Gasteiger partial charge is 0.241 e. The van der Waals surface area contributed by atoms with Gasteiger partial charge in [-0.05, 0) is 43.0 Å². The number of pyridine rings is 2. The number of nitrogens with one attached hydrogen (secondary N) is 3. The van der Waals surface area contributed by atoms with Crippen LogP contribution in [0.25, 0.3) is 21.9 Å². The highest BCUT2D eigenvalue weighted by molar-refractivity contribution is 5.90. The predicted molar refractivity (Wildman–Crippen MR) is 130 cm³/mol. The van der Waals surface area contributed by atoms with Crippen LogP contribution in [-0.4, -0.2) is 44.8 Å². The Bertz CT molecular complexity index is 1480. The summed E-state index contributed by atoms with van der Waals surface area (Å²) in [4.78, 5) is 20.6. The molecule has 0 saturated carbocycles. The lowest BCUT2D eigenvalue weighted by Gasteiger charge is -2.26. The predicted octanol–water partition coefficient (Wildman–Crippen LogP) is 3.55. The second-order valence-electron chi connectivity index (χ2n) is 8.99. The number of rotatable bonds is 3. The SMILES string of the molecule is Cc1c(-c2cc3cc(Nc4cc5n(n4)CC(=O)NCC5)ncc3cc2F)cnc2c1NC(C)CO2. The zero-order chi connectivity index (χ0) is 24.1. The van der Waals surface area contributed by atoms with Crippen molar-refractivity contribution in [1.82, 2.24) is 25.1 Å². The molecule has 5 heterocycles. The average Bonchev–Trinajstić information content (AvgIpc) is 3.11. The summed E-state index contributed by atoms with van der Waals surface area (Å²) in [5.41, 5.74) is 3.82. The molecule has 178 valence electrons. The molecule has 0 spiro atoms. The quantitative estimate of drug-likeness (QED) is 0.418. The zero-order valence-electron chi connectivity index (χ0n) is 19.4. The van der Waals surface area contributed by atoms with E-state index in [-0.39, 0.29) is 24.3 Å². The molecule has 35 heavy (non-hydrogen) atoms. The van der Waals surface area contributed by atoms with Gasteiger partial charge in [0.1, 0.15) is 30.5 Å². The van der Waals surface area contributed by atoms with Gasteiger partial charge in [0.25, 0.3) is 0 Å². The van der Waals surface area contributed by atoms with Crippen molar-refractivity contribution in [3.05, 3.63) is 53.7 Å². The van der Waals surface area contributed by atoms with Gasteiger partial charge in [0.05, 0.1) is 6.04 Å². The molecule has 4 aromatic rings. The molecule has 1 unspecified atom stereocenters. The summed E-state index contributed by atoms with van der Waals surface area (Å²) in [6.45, 7) is 5.29. The topological polar surface area (TPSA) is 106 Å². The van der Waals surface area contributed by atoms with Gasteiger partial charge in [0, 0.05) is 53.6 Å². The Morgan fingerprint density at radius 3 is 2.89 bits per heavy atom. The molecule has 1 atom stereocenters. The van der Waals surface area contributed by atoms with Gasteiger partial charge in [-0.1, -0.05) is 0 Å². The summed E-state index contributed by atoms with van der Waals surface area (Å²) in [7, 11) is 0. The highest BCUT2D eigenvalue weighted by Gasteiger charge is 2.22. The van der Waals surface area contributed by atoms with Crippen LogP contribution in [0.3, 0.4) is 0 Å². The van der Waals surface area contributed by atoms with Gasteiger partial charge >= 0.3 is 0 Å². The number of amides is 1. The number of aromatic nitrogens is 4. The van der Waals surface area contributed by atoms with E-state index < -0.39 is 0 Å². The summed E-state index contributed by atoms with van der Waals surface area (Å²) in [5.74, 6) is 1.33. The summed E-state index contributed by atoms with van der Waals surface area (Å²) in [5, 5.41) is 15.4. The lowest BCUT2D eigenvalue weighted by molar-refractivity contribution is -0.121. The van der Waals surface area contributed by atoms with Crippen molar-refractivity contribution >= 4 is 34.0 Å². The Morgan fingerprint density at radius 1 is 1.11 bits per heavy atom. The minimum absolute atomic E-state index is 0.0556. The van der Waals surface area contributed by atoms with Crippen molar-refractivity contribution in [1.29, 1.82) is 0 Å². The van der Waals surface area contributed by atoms with E-state index in [4.69, 9.17) is 4.74 Å². The standard InChI is InChI=1S/C25H24FN7O2/c1-13-12-35-25-24(30-13)14(2)19(10-29-25)18-5-15-7-21(28-9-16(15)6-20(18)26)31-22-8-17-3-4-27-23(34)11-33(17)32-22/h5-10,13,30H,3-4,11-12H2,1-2H3,(H,27,34)(H,28,31,32). The van der Waals surface area contributed by atoms with Crippen LogP contribution in [0.15, 0.2) is 36.7 Å². The first kappa shape index (κ1) is 21.3. The van der Waals surface area contributed by atoms with Gasteiger partial charge in [-0.2, -0.15) is 5.10 Å². The first-order chi connectivity index (χ1) is 16.9. The molecule has 0 aliphatic carbocycles. The minimum Gasteiger partial charge on any atom is -0.474 e. The maximum Gasteiger partial charge on any atom is 0.241 e. The third-order valence-corrected chi connectivity index (χ3v) is 6.38. The second-order valence-corrected chi connectivity index (χ2v) is 8.99. The van der Waals surface area contributed by atoms with E-state index in [1.54, 1.807) is 17.1 Å². The molecule has 1 aromatic carbocycles. The molecule has 6 rings (SSSR count). The van der Waals surface area contributed by atoms with E-state index in [1.807, 2.05) is 32.0 Å². The van der Waals surface area contributed by atoms with Crippen LogP contribution in [0, 0.1) is 12.7 Å². The number of carbonyl (C=O) groups is 1. The number of halogens is 1. The number of anilines is 3. The van der Waals surface area contributed by atoms with Gasteiger partial charge < -0.3 is 20.7 Å². The van der Waals surface area contributed by atoms with Crippen LogP contribution in [0.4, 0.5) is 21.7 Å². The van der Waals surface area contributed by atoms with Crippen molar-refractivity contribution in [3.8, 4) is 17.0 Å². The van der Waals surface area contributed by atoms with Crippen molar-refractivity contribution in [3.63, 3.8) is 0 Å². The fourth-order valence-electron chi connectivity index (χ4n) is 4.57. The molecule has 0 radical (unpaired) electrons. The molecule has 0 fully saturated rings. The molecule has 0 saturated heterocycles. The number of hydrogen-bond acceptors (Lipinski definition) is 7. The first-order valence-corrected chi connectivity index (χ1v) is 11.5. The average molecular weight is 474 g/mol. The minimum atomic E-state index is -0.342. The van der Waals surface area contributed by atoms with E-state index in [0.29, 0.717) is 53.6 Å². The fourth-order valence-corrected chi connectivity index (χ4v) is 4.57. The van der Waals surface area contributed by atoms with Gasteiger partial charge in [-0.15, -0.1) is 0 Å². The molecule has 10 heteroatoms. The zero-order valence-corrected chi connectivity index (χ0v) is 19.4. The van der Waals surface area contributed by atoms with E-state index in [0.717, 1.165) is 22.3 Å². The summed E-state index contributed by atoms with van der Waals surface area (Å²) >= 11 is 0. The number of carbonyl (C=O) groups excluding carboxylic acids is 1. The van der Waals surface area contributed by atoms with Crippen LogP contribution < -0.4 is 20.7 Å². The summed E-state index contributed by atoms with van der Waals surface area (Å²) in [6.07, 6.45) is 4.00. The Morgan fingerprint density at radius 2 is 2.00 bits per heavy atom. The Hall–Kier alpha value is -4.21. The maximum absolute atomic E-state index is 15.2. The molecule has 3 N–H and O–H groups in total. The highest BCUT2D eigenvalue weighted by Crippen LogP contribution is 2.38. The monoisotopic (exact) mass is 473 g/mol. The molecule has 1 amide bonds. The fraction of sp³-hybridized carbons (Fsp3) is 0.280. The Labute approximate surface area is 200 Å². The van der Waals surface area contributed by atoms with Crippen molar-refractivity contribution < 1.29 is 13.9 Å². The summed E-state index contributed by atoms with van der Waals surface area (Å²) < 4.78 is 22.6. The second kappa shape index (κ2) is 8.23. The number of fused-ring (bicyclic) bond motifs is 3. The van der Waals surface area contributed by atoms with Gasteiger partial charge in [0.2, 0.25) is 11.8 Å². The molecule has 3 aromatic heterocycles. The van der Waals surface area contributed by atoms with Crippen molar-refractivity contribution in [2.75, 3.05) is 23.8 Å². The third kappa shape index (κ3) is 3.90.